The van der Waals surface area contributed by atoms with Crippen LogP contribution in [0.4, 0.5) is 0 Å². The van der Waals surface area contributed by atoms with E-state index in [1.54, 1.807) is 6.92 Å². The first-order chi connectivity index (χ1) is 22.2. The number of carboxylic acid groups (broad SMARTS) is 1. The molecule has 5 aliphatic carbocycles. The number of esters is 1. The molecule has 2 spiro atoms. The number of hydrogen-bond acceptors (Lipinski definition) is 8. The van der Waals surface area contributed by atoms with Crippen LogP contribution in [0.5, 0.6) is 0 Å². The van der Waals surface area contributed by atoms with Crippen LogP contribution in [0, 0.1) is 45.3 Å². The van der Waals surface area contributed by atoms with Gasteiger partial charge in [0.1, 0.15) is 6.04 Å². The Morgan fingerprint density at radius 2 is 1.79 bits per heavy atom. The first kappa shape index (κ1) is 34.2. The van der Waals surface area contributed by atoms with Gasteiger partial charge in [-0.2, -0.15) is 0 Å². The number of aliphatic carboxylic acids is 1. The number of ether oxygens (including phenoxy) is 4. The first-order valence-electron chi connectivity index (χ1n) is 19.0. The third kappa shape index (κ3) is 5.51. The van der Waals surface area contributed by atoms with E-state index in [-0.39, 0.29) is 30.0 Å². The monoisotopic (exact) mass is 659 g/mol. The van der Waals surface area contributed by atoms with Crippen LogP contribution >= 0.6 is 0 Å². The highest BCUT2D eigenvalue weighted by Gasteiger charge is 2.80. The van der Waals surface area contributed by atoms with Crippen LogP contribution in [0.25, 0.3) is 0 Å². The molecule has 5 saturated carbocycles. The second-order valence-electron chi connectivity index (χ2n) is 17.9. The summed E-state index contributed by atoms with van der Waals surface area (Å²) in [5, 5.41) is 20.6. The Kier molecular flexibility index (Phi) is 8.67. The number of fused-ring (bicyclic) bond motifs is 4. The molecule has 0 bridgehead atoms. The number of carbonyl (C=O) groups is 2. The number of aliphatic hydroxyl groups is 1. The Bertz CT molecular complexity index is 1220. The van der Waals surface area contributed by atoms with Gasteiger partial charge in [0.15, 0.2) is 6.29 Å². The number of rotatable bonds is 9. The number of hydrogen-bond donors (Lipinski definition) is 2. The van der Waals surface area contributed by atoms with E-state index in [9.17, 15) is 19.8 Å². The van der Waals surface area contributed by atoms with Gasteiger partial charge < -0.3 is 29.2 Å². The van der Waals surface area contributed by atoms with Gasteiger partial charge in [0.25, 0.3) is 0 Å². The Labute approximate surface area is 281 Å². The predicted octanol–water partition coefficient (Wildman–Crippen LogP) is 6.15. The molecule has 0 radical (unpaired) electrons. The fourth-order valence-corrected chi connectivity index (χ4v) is 13.4. The summed E-state index contributed by atoms with van der Waals surface area (Å²) in [6, 6.07) is -0.470. The quantitative estimate of drug-likeness (QED) is 0.222. The molecule has 7 rings (SSSR count). The van der Waals surface area contributed by atoms with E-state index in [1.807, 2.05) is 6.92 Å². The summed E-state index contributed by atoms with van der Waals surface area (Å²) in [4.78, 5) is 25.6. The standard InChI is InChI=1S/C38H61NO8/c1-7-8-28(33(41)42)39-17-18-44-32(21-39)46-31-13-14-38-22-37(38)16-15-35(5)26-10-9-24(20-36(6,43)47-23(2)40)45-29(26)19-27(35)25(37)11-12-30(38)34(31,3)4/h24-32,43H,7-22H2,1-6H3,(H,41,42)/t24?,25?,26-,27?,28-,29?,30-,31-,32?,35+,36?,37-,38+/m0/s1. The first-order valence-corrected chi connectivity index (χ1v) is 19.0. The van der Waals surface area contributed by atoms with E-state index >= 15 is 0 Å². The molecular formula is C38H61NO8. The van der Waals surface area contributed by atoms with Gasteiger partial charge in [-0.1, -0.05) is 34.1 Å². The largest absolute Gasteiger partial charge is 0.480 e. The molecule has 0 aromatic rings. The molecule has 0 amide bonds. The zero-order chi connectivity index (χ0) is 33.6. The van der Waals surface area contributed by atoms with Crippen molar-refractivity contribution in [3.8, 4) is 0 Å². The molecule has 7 aliphatic rings. The van der Waals surface area contributed by atoms with Crippen molar-refractivity contribution in [2.45, 2.75) is 161 Å². The number of carboxylic acids is 1. The van der Waals surface area contributed by atoms with Crippen molar-refractivity contribution in [3.63, 3.8) is 0 Å². The van der Waals surface area contributed by atoms with Crippen molar-refractivity contribution in [1.29, 1.82) is 0 Å². The van der Waals surface area contributed by atoms with Crippen LogP contribution in [-0.4, -0.2) is 83.2 Å². The van der Waals surface area contributed by atoms with E-state index in [1.165, 1.54) is 45.4 Å². The van der Waals surface area contributed by atoms with Crippen molar-refractivity contribution in [3.05, 3.63) is 0 Å². The Hall–Kier alpha value is -1.26. The van der Waals surface area contributed by atoms with E-state index < -0.39 is 23.8 Å². The van der Waals surface area contributed by atoms with Crippen molar-refractivity contribution in [2.24, 2.45) is 45.3 Å². The van der Waals surface area contributed by atoms with Crippen molar-refractivity contribution in [1.82, 2.24) is 4.90 Å². The molecule has 0 aromatic carbocycles. The molecule has 2 aliphatic heterocycles. The maximum Gasteiger partial charge on any atom is 0.320 e. The summed E-state index contributed by atoms with van der Waals surface area (Å²) in [5.74, 6) is -0.0550. The average molecular weight is 660 g/mol. The number of morpholine rings is 1. The molecule has 6 unspecified atom stereocenters. The topological polar surface area (TPSA) is 115 Å². The number of carbonyl (C=O) groups excluding carboxylic acids is 1. The van der Waals surface area contributed by atoms with Gasteiger partial charge in [-0.15, -0.1) is 0 Å². The molecule has 13 atom stereocenters. The SMILES string of the molecule is CCC[C@@H](C(=O)O)N1CCOC(O[C@H]2CC[C@]34C[C@]35CC[C@@]3(C)C(CC6OC(CC(C)(O)OC(C)=O)CC[C@@H]63)C5CC[C@H]4C2(C)C)C1. The molecule has 2 N–H and O–H groups in total. The smallest absolute Gasteiger partial charge is 0.320 e. The lowest BCUT2D eigenvalue weighted by Gasteiger charge is -2.60. The predicted molar refractivity (Wildman–Crippen MR) is 175 cm³/mol. The highest BCUT2D eigenvalue weighted by atomic mass is 16.7. The third-order valence-corrected chi connectivity index (χ3v) is 15.3. The second kappa shape index (κ2) is 11.9. The van der Waals surface area contributed by atoms with Crippen LogP contribution in [0.15, 0.2) is 0 Å². The summed E-state index contributed by atoms with van der Waals surface area (Å²) in [6.07, 6.45) is 13.7. The highest BCUT2D eigenvalue weighted by Crippen LogP contribution is 2.87. The Balaban J connectivity index is 1.02. The zero-order valence-electron chi connectivity index (χ0n) is 29.8. The van der Waals surface area contributed by atoms with Crippen LogP contribution in [0.3, 0.4) is 0 Å². The van der Waals surface area contributed by atoms with Gasteiger partial charge >= 0.3 is 11.9 Å². The van der Waals surface area contributed by atoms with Crippen molar-refractivity contribution in [2.75, 3.05) is 19.7 Å². The van der Waals surface area contributed by atoms with Crippen LogP contribution < -0.4 is 0 Å². The van der Waals surface area contributed by atoms with E-state index in [0.717, 1.165) is 38.0 Å². The maximum absolute atomic E-state index is 12.0. The molecule has 2 heterocycles. The summed E-state index contributed by atoms with van der Waals surface area (Å²) in [6.45, 7) is 14.1. The zero-order valence-corrected chi connectivity index (χ0v) is 29.8. The minimum atomic E-state index is -1.49. The highest BCUT2D eigenvalue weighted by molar-refractivity contribution is 5.73. The van der Waals surface area contributed by atoms with Crippen LogP contribution in [0.1, 0.15) is 125 Å². The summed E-state index contributed by atoms with van der Waals surface area (Å²) < 4.78 is 24.9. The summed E-state index contributed by atoms with van der Waals surface area (Å²) in [7, 11) is 0. The lowest BCUT2D eigenvalue weighted by molar-refractivity contribution is -0.248. The van der Waals surface area contributed by atoms with Gasteiger partial charge in [0.05, 0.1) is 31.5 Å². The average Bonchev–Trinajstić information content (AvgIpc) is 3.56. The number of nitrogens with zero attached hydrogens (tertiary/aromatic N) is 1. The van der Waals surface area contributed by atoms with E-state index in [0.29, 0.717) is 66.5 Å². The second-order valence-corrected chi connectivity index (χ2v) is 17.9. The van der Waals surface area contributed by atoms with Crippen LogP contribution in [-0.2, 0) is 28.5 Å². The molecule has 9 heteroatoms. The normalized spacial score (nSPS) is 47.2. The minimum absolute atomic E-state index is 0.0353. The van der Waals surface area contributed by atoms with Gasteiger partial charge in [0.2, 0.25) is 5.79 Å². The molecule has 0 aromatic heterocycles. The fourth-order valence-electron chi connectivity index (χ4n) is 13.4. The lowest BCUT2D eigenvalue weighted by Crippen LogP contribution is -2.57. The van der Waals surface area contributed by atoms with Crippen molar-refractivity contribution >= 4 is 11.9 Å². The van der Waals surface area contributed by atoms with Gasteiger partial charge in [-0.05, 0) is 116 Å². The van der Waals surface area contributed by atoms with Crippen LogP contribution in [0.2, 0.25) is 0 Å². The molecule has 7 fully saturated rings. The molecule has 47 heavy (non-hydrogen) atoms. The minimum Gasteiger partial charge on any atom is -0.480 e. The lowest BCUT2D eigenvalue weighted by atomic mass is 9.46. The van der Waals surface area contributed by atoms with Gasteiger partial charge in [-0.3, -0.25) is 14.5 Å². The molecule has 9 nitrogen and oxygen atoms in total. The fraction of sp³-hybridized carbons (Fsp3) is 0.947. The Morgan fingerprint density at radius 3 is 2.51 bits per heavy atom. The maximum atomic E-state index is 12.0. The molecular weight excluding hydrogens is 598 g/mol. The van der Waals surface area contributed by atoms with Gasteiger partial charge in [-0.25, -0.2) is 0 Å². The third-order valence-electron chi connectivity index (χ3n) is 15.3. The summed E-state index contributed by atoms with van der Waals surface area (Å²) in [5.41, 5.74) is 1.20. The molecule has 266 valence electrons. The van der Waals surface area contributed by atoms with Crippen molar-refractivity contribution < 1.29 is 38.7 Å². The van der Waals surface area contributed by atoms with E-state index in [2.05, 4.69) is 25.7 Å². The van der Waals surface area contributed by atoms with E-state index in [4.69, 9.17) is 18.9 Å². The molecule has 2 saturated heterocycles. The summed E-state index contributed by atoms with van der Waals surface area (Å²) >= 11 is 0. The van der Waals surface area contributed by atoms with Gasteiger partial charge in [0, 0.05) is 26.8 Å². The Morgan fingerprint density at radius 1 is 1.02 bits per heavy atom.